The van der Waals surface area contributed by atoms with Gasteiger partial charge < -0.3 is 5.11 Å². The van der Waals surface area contributed by atoms with Crippen molar-refractivity contribution < 1.29 is 18.3 Å². The standard InChI is InChI=1S/C12H15NO4S/c14-12(15)10-4-6-11(7-5-10)18(16,17)13-8-2-1-3-9-13/h4-7H,1-3,8-9H2,(H,14,15). The molecule has 1 aromatic carbocycles. The predicted octanol–water partition coefficient (Wildman–Crippen LogP) is 1.56. The molecular weight excluding hydrogens is 254 g/mol. The van der Waals surface area contributed by atoms with Gasteiger partial charge in [-0.1, -0.05) is 6.42 Å². The number of hydrogen-bond donors (Lipinski definition) is 1. The number of rotatable bonds is 3. The van der Waals surface area contributed by atoms with Gasteiger partial charge in [0.05, 0.1) is 10.5 Å². The Bertz CT molecular complexity index is 530. The number of carboxylic acids is 1. The third-order valence-electron chi connectivity index (χ3n) is 3.05. The Morgan fingerprint density at radius 2 is 1.61 bits per heavy atom. The minimum atomic E-state index is -3.46. The lowest BCUT2D eigenvalue weighted by Gasteiger charge is -2.25. The summed E-state index contributed by atoms with van der Waals surface area (Å²) in [5, 5.41) is 8.77. The molecule has 98 valence electrons. The molecule has 0 bridgehead atoms. The molecule has 0 unspecified atom stereocenters. The van der Waals surface area contributed by atoms with Crippen LogP contribution in [0.4, 0.5) is 0 Å². The van der Waals surface area contributed by atoms with Crippen molar-refractivity contribution >= 4 is 16.0 Å². The lowest BCUT2D eigenvalue weighted by Crippen LogP contribution is -2.35. The van der Waals surface area contributed by atoms with Gasteiger partial charge in [0.1, 0.15) is 0 Å². The SMILES string of the molecule is O=C(O)c1ccc(S(=O)(=O)N2CCCCC2)cc1. The first kappa shape index (κ1) is 13.0. The van der Waals surface area contributed by atoms with Crippen molar-refractivity contribution in [3.63, 3.8) is 0 Å². The molecule has 0 aliphatic carbocycles. The molecule has 1 heterocycles. The Kier molecular flexibility index (Phi) is 3.68. The van der Waals surface area contributed by atoms with Crippen LogP contribution in [0.15, 0.2) is 29.2 Å². The molecule has 0 atom stereocenters. The third-order valence-corrected chi connectivity index (χ3v) is 4.97. The first-order valence-electron chi connectivity index (χ1n) is 5.85. The molecule has 1 saturated heterocycles. The maximum absolute atomic E-state index is 12.2. The van der Waals surface area contributed by atoms with E-state index in [1.54, 1.807) is 0 Å². The Morgan fingerprint density at radius 1 is 1.06 bits per heavy atom. The summed E-state index contributed by atoms with van der Waals surface area (Å²) >= 11 is 0. The van der Waals surface area contributed by atoms with E-state index in [-0.39, 0.29) is 10.5 Å². The van der Waals surface area contributed by atoms with Gasteiger partial charge in [-0.2, -0.15) is 4.31 Å². The van der Waals surface area contributed by atoms with E-state index in [0.717, 1.165) is 19.3 Å². The molecule has 18 heavy (non-hydrogen) atoms. The van der Waals surface area contributed by atoms with Gasteiger partial charge in [-0.15, -0.1) is 0 Å². The highest BCUT2D eigenvalue weighted by Gasteiger charge is 2.25. The summed E-state index contributed by atoms with van der Waals surface area (Å²) in [7, 11) is -3.46. The Balaban J connectivity index is 2.26. The number of nitrogens with zero attached hydrogens (tertiary/aromatic N) is 1. The average molecular weight is 269 g/mol. The summed E-state index contributed by atoms with van der Waals surface area (Å²) in [6.07, 6.45) is 2.82. The highest BCUT2D eigenvalue weighted by Crippen LogP contribution is 2.20. The van der Waals surface area contributed by atoms with Crippen molar-refractivity contribution in [2.75, 3.05) is 13.1 Å². The first-order valence-corrected chi connectivity index (χ1v) is 7.29. The molecule has 0 spiro atoms. The zero-order chi connectivity index (χ0) is 13.2. The summed E-state index contributed by atoms with van der Waals surface area (Å²) in [6.45, 7) is 1.09. The second-order valence-electron chi connectivity index (χ2n) is 4.29. The molecule has 1 aliphatic heterocycles. The first-order chi connectivity index (χ1) is 8.51. The second-order valence-corrected chi connectivity index (χ2v) is 6.23. The van der Waals surface area contributed by atoms with E-state index >= 15 is 0 Å². The summed E-state index contributed by atoms with van der Waals surface area (Å²) in [5.41, 5.74) is 0.0904. The number of aromatic carboxylic acids is 1. The fourth-order valence-electron chi connectivity index (χ4n) is 2.02. The van der Waals surface area contributed by atoms with Gasteiger partial charge in [0, 0.05) is 13.1 Å². The van der Waals surface area contributed by atoms with Crippen LogP contribution in [0.2, 0.25) is 0 Å². The normalized spacial score (nSPS) is 17.6. The largest absolute Gasteiger partial charge is 0.478 e. The second kappa shape index (κ2) is 5.07. The fourth-order valence-corrected chi connectivity index (χ4v) is 3.54. The van der Waals surface area contributed by atoms with Gasteiger partial charge >= 0.3 is 5.97 Å². The molecule has 0 aromatic heterocycles. The van der Waals surface area contributed by atoms with Crippen LogP contribution >= 0.6 is 0 Å². The van der Waals surface area contributed by atoms with Gasteiger partial charge in [-0.25, -0.2) is 13.2 Å². The van der Waals surface area contributed by atoms with E-state index in [1.807, 2.05) is 0 Å². The monoisotopic (exact) mass is 269 g/mol. The fraction of sp³-hybridized carbons (Fsp3) is 0.417. The molecule has 2 rings (SSSR count). The summed E-state index contributed by atoms with van der Waals surface area (Å²) in [5.74, 6) is -1.06. The lowest BCUT2D eigenvalue weighted by molar-refractivity contribution is 0.0696. The Hall–Kier alpha value is -1.40. The van der Waals surface area contributed by atoms with Crippen molar-refractivity contribution in [3.05, 3.63) is 29.8 Å². The van der Waals surface area contributed by atoms with E-state index < -0.39 is 16.0 Å². The van der Waals surface area contributed by atoms with E-state index in [1.165, 1.54) is 28.6 Å². The van der Waals surface area contributed by atoms with E-state index in [0.29, 0.717) is 13.1 Å². The lowest BCUT2D eigenvalue weighted by atomic mass is 10.2. The molecule has 6 heteroatoms. The number of carbonyl (C=O) groups is 1. The van der Waals surface area contributed by atoms with Crippen LogP contribution in [0.25, 0.3) is 0 Å². The Morgan fingerprint density at radius 3 is 2.11 bits per heavy atom. The van der Waals surface area contributed by atoms with Crippen molar-refractivity contribution in [2.45, 2.75) is 24.2 Å². The molecular formula is C12H15NO4S. The maximum Gasteiger partial charge on any atom is 0.335 e. The maximum atomic E-state index is 12.2. The molecule has 0 amide bonds. The predicted molar refractivity (Wildman–Crippen MR) is 66.0 cm³/mol. The number of carboxylic acid groups (broad SMARTS) is 1. The quantitative estimate of drug-likeness (QED) is 0.903. The topological polar surface area (TPSA) is 74.7 Å². The van der Waals surface area contributed by atoms with Crippen LogP contribution in [-0.2, 0) is 10.0 Å². The van der Waals surface area contributed by atoms with Gasteiger partial charge in [-0.05, 0) is 37.1 Å². The molecule has 5 nitrogen and oxygen atoms in total. The van der Waals surface area contributed by atoms with Crippen LogP contribution in [0.3, 0.4) is 0 Å². The van der Waals surface area contributed by atoms with Crippen LogP contribution in [-0.4, -0.2) is 36.9 Å². The van der Waals surface area contributed by atoms with Crippen LogP contribution in [0.1, 0.15) is 29.6 Å². The number of piperidine rings is 1. The number of sulfonamides is 1. The minimum absolute atomic E-state index is 0.0904. The molecule has 1 fully saturated rings. The molecule has 0 radical (unpaired) electrons. The summed E-state index contributed by atoms with van der Waals surface area (Å²) in [4.78, 5) is 10.9. The van der Waals surface area contributed by atoms with Crippen molar-refractivity contribution in [2.24, 2.45) is 0 Å². The van der Waals surface area contributed by atoms with Gasteiger partial charge in [0.2, 0.25) is 10.0 Å². The molecule has 1 N–H and O–H groups in total. The van der Waals surface area contributed by atoms with Crippen molar-refractivity contribution in [1.29, 1.82) is 0 Å². The molecule has 0 saturated carbocycles. The smallest absolute Gasteiger partial charge is 0.335 e. The van der Waals surface area contributed by atoms with Crippen LogP contribution < -0.4 is 0 Å². The van der Waals surface area contributed by atoms with Crippen molar-refractivity contribution in [1.82, 2.24) is 4.31 Å². The van der Waals surface area contributed by atoms with Crippen LogP contribution in [0.5, 0.6) is 0 Å². The summed E-state index contributed by atoms with van der Waals surface area (Å²) < 4.78 is 26.0. The summed E-state index contributed by atoms with van der Waals surface area (Å²) in [6, 6.07) is 5.35. The highest BCUT2D eigenvalue weighted by molar-refractivity contribution is 7.89. The minimum Gasteiger partial charge on any atom is -0.478 e. The van der Waals surface area contributed by atoms with Gasteiger partial charge in [0.15, 0.2) is 0 Å². The van der Waals surface area contributed by atoms with Crippen molar-refractivity contribution in [3.8, 4) is 0 Å². The van der Waals surface area contributed by atoms with Crippen LogP contribution in [0, 0.1) is 0 Å². The Labute approximate surface area is 106 Å². The van der Waals surface area contributed by atoms with E-state index in [9.17, 15) is 13.2 Å². The number of hydrogen-bond acceptors (Lipinski definition) is 3. The van der Waals surface area contributed by atoms with Gasteiger partial charge in [0.25, 0.3) is 0 Å². The zero-order valence-electron chi connectivity index (χ0n) is 9.87. The highest BCUT2D eigenvalue weighted by atomic mass is 32.2. The van der Waals surface area contributed by atoms with E-state index in [4.69, 9.17) is 5.11 Å². The average Bonchev–Trinajstić information content (AvgIpc) is 2.40. The molecule has 1 aliphatic rings. The zero-order valence-corrected chi connectivity index (χ0v) is 10.7. The van der Waals surface area contributed by atoms with Gasteiger partial charge in [-0.3, -0.25) is 0 Å². The van der Waals surface area contributed by atoms with E-state index in [2.05, 4.69) is 0 Å². The number of benzene rings is 1. The third kappa shape index (κ3) is 2.54. The molecule has 1 aromatic rings.